The van der Waals surface area contributed by atoms with Crippen molar-refractivity contribution in [1.29, 1.82) is 0 Å². The SMILES string of the molecule is Cc1ccc(-c2ccc(N(c3ccc(-c4ccc(C(C)C)s4)cc3)c3ccc(C(C)(C)C)cc3)cc2)cc1. The molecular formula is C36H37NS. The maximum absolute atomic E-state index is 2.35. The summed E-state index contributed by atoms with van der Waals surface area (Å²) in [5, 5.41) is 0. The van der Waals surface area contributed by atoms with E-state index < -0.39 is 0 Å². The highest BCUT2D eigenvalue weighted by molar-refractivity contribution is 7.15. The van der Waals surface area contributed by atoms with Crippen LogP contribution in [0, 0.1) is 6.92 Å². The van der Waals surface area contributed by atoms with Gasteiger partial charge >= 0.3 is 0 Å². The molecule has 0 bridgehead atoms. The first-order chi connectivity index (χ1) is 18.2. The van der Waals surface area contributed by atoms with Crippen LogP contribution >= 0.6 is 11.3 Å². The first-order valence-electron chi connectivity index (χ1n) is 13.5. The van der Waals surface area contributed by atoms with E-state index in [1.807, 2.05) is 11.3 Å². The number of rotatable bonds is 6. The molecule has 38 heavy (non-hydrogen) atoms. The predicted octanol–water partition coefficient (Wildman–Crippen LogP) is 11.3. The summed E-state index contributed by atoms with van der Waals surface area (Å²) < 4.78 is 0. The van der Waals surface area contributed by atoms with Gasteiger partial charge in [0.2, 0.25) is 0 Å². The smallest absolute Gasteiger partial charge is 0.0462 e. The van der Waals surface area contributed by atoms with Gasteiger partial charge < -0.3 is 4.90 Å². The number of nitrogens with zero attached hydrogens (tertiary/aromatic N) is 1. The molecule has 5 aromatic rings. The molecule has 0 spiro atoms. The molecule has 0 aliphatic carbocycles. The predicted molar refractivity (Wildman–Crippen MR) is 167 cm³/mol. The van der Waals surface area contributed by atoms with Crippen molar-refractivity contribution < 1.29 is 0 Å². The Hall–Kier alpha value is -3.62. The second kappa shape index (κ2) is 10.6. The molecule has 5 rings (SSSR count). The average Bonchev–Trinajstić information content (AvgIpc) is 3.41. The Morgan fingerprint density at radius 3 is 1.45 bits per heavy atom. The first-order valence-corrected chi connectivity index (χ1v) is 14.3. The van der Waals surface area contributed by atoms with Gasteiger partial charge in [-0.1, -0.05) is 101 Å². The van der Waals surface area contributed by atoms with Crippen molar-refractivity contribution in [1.82, 2.24) is 0 Å². The summed E-state index contributed by atoms with van der Waals surface area (Å²) in [6.45, 7) is 13.4. The normalized spacial score (nSPS) is 11.7. The van der Waals surface area contributed by atoms with Crippen LogP contribution in [-0.4, -0.2) is 0 Å². The van der Waals surface area contributed by atoms with Crippen molar-refractivity contribution in [2.75, 3.05) is 4.90 Å². The fraction of sp³-hybridized carbons (Fsp3) is 0.222. The standard InChI is InChI=1S/C36H37NS/c1-25(2)34-23-24-35(38-34)29-13-19-32(20-14-29)37(33-21-15-30(16-22-33)36(4,5)6)31-17-11-28(12-18-31)27-9-7-26(3)8-10-27/h7-25H,1-6H3. The van der Waals surface area contributed by atoms with Crippen molar-refractivity contribution in [3.05, 3.63) is 125 Å². The topological polar surface area (TPSA) is 3.24 Å². The third kappa shape index (κ3) is 5.61. The summed E-state index contributed by atoms with van der Waals surface area (Å²) in [4.78, 5) is 5.10. The average molecular weight is 516 g/mol. The monoisotopic (exact) mass is 515 g/mol. The molecule has 0 unspecified atom stereocenters. The minimum atomic E-state index is 0.121. The number of hydrogen-bond donors (Lipinski definition) is 0. The van der Waals surface area contributed by atoms with Gasteiger partial charge in [-0.3, -0.25) is 0 Å². The fourth-order valence-corrected chi connectivity index (χ4v) is 5.72. The van der Waals surface area contributed by atoms with E-state index in [0.29, 0.717) is 5.92 Å². The van der Waals surface area contributed by atoms with Gasteiger partial charge in [0.1, 0.15) is 0 Å². The zero-order valence-electron chi connectivity index (χ0n) is 23.3. The van der Waals surface area contributed by atoms with E-state index in [4.69, 9.17) is 0 Å². The van der Waals surface area contributed by atoms with Crippen LogP contribution < -0.4 is 4.90 Å². The van der Waals surface area contributed by atoms with Crippen molar-refractivity contribution in [3.8, 4) is 21.6 Å². The Morgan fingerprint density at radius 1 is 0.553 bits per heavy atom. The Morgan fingerprint density at radius 2 is 1.00 bits per heavy atom. The molecule has 0 fully saturated rings. The molecule has 4 aromatic carbocycles. The maximum atomic E-state index is 2.35. The second-order valence-electron chi connectivity index (χ2n) is 11.4. The highest BCUT2D eigenvalue weighted by Crippen LogP contribution is 2.39. The van der Waals surface area contributed by atoms with Crippen LogP contribution in [0.2, 0.25) is 0 Å². The van der Waals surface area contributed by atoms with E-state index in [9.17, 15) is 0 Å². The number of anilines is 3. The molecule has 1 nitrogen and oxygen atoms in total. The van der Waals surface area contributed by atoms with Crippen LogP contribution in [0.5, 0.6) is 0 Å². The van der Waals surface area contributed by atoms with E-state index in [1.165, 1.54) is 37.6 Å². The highest BCUT2D eigenvalue weighted by atomic mass is 32.1. The lowest BCUT2D eigenvalue weighted by molar-refractivity contribution is 0.590. The molecule has 1 aromatic heterocycles. The van der Waals surface area contributed by atoms with Crippen LogP contribution in [0.3, 0.4) is 0 Å². The van der Waals surface area contributed by atoms with Gasteiger partial charge in [-0.15, -0.1) is 11.3 Å². The summed E-state index contributed by atoms with van der Waals surface area (Å²) in [5.74, 6) is 0.558. The van der Waals surface area contributed by atoms with Crippen LogP contribution in [0.1, 0.15) is 56.5 Å². The molecule has 0 aliphatic heterocycles. The largest absolute Gasteiger partial charge is 0.311 e. The molecule has 0 atom stereocenters. The Balaban J connectivity index is 1.52. The quantitative estimate of drug-likeness (QED) is 0.217. The van der Waals surface area contributed by atoms with E-state index >= 15 is 0 Å². The van der Waals surface area contributed by atoms with Gasteiger partial charge in [0.05, 0.1) is 0 Å². The minimum absolute atomic E-state index is 0.121. The van der Waals surface area contributed by atoms with Crippen LogP contribution in [0.4, 0.5) is 17.1 Å². The molecule has 1 heterocycles. The molecule has 0 aliphatic rings. The molecule has 0 amide bonds. The fourth-order valence-electron chi connectivity index (χ4n) is 4.70. The molecule has 192 valence electrons. The minimum Gasteiger partial charge on any atom is -0.311 e. The highest BCUT2D eigenvalue weighted by Gasteiger charge is 2.17. The zero-order valence-corrected chi connectivity index (χ0v) is 24.1. The lowest BCUT2D eigenvalue weighted by Crippen LogP contribution is -2.13. The molecular weight excluding hydrogens is 478 g/mol. The lowest BCUT2D eigenvalue weighted by atomic mass is 9.87. The Bertz CT molecular complexity index is 1480. The van der Waals surface area contributed by atoms with Gasteiger partial charge in [-0.2, -0.15) is 0 Å². The zero-order chi connectivity index (χ0) is 26.9. The second-order valence-corrected chi connectivity index (χ2v) is 12.6. The molecule has 0 N–H and O–H groups in total. The summed E-state index contributed by atoms with van der Waals surface area (Å²) in [6.07, 6.45) is 0. The summed E-state index contributed by atoms with van der Waals surface area (Å²) in [6, 6.07) is 40.2. The third-order valence-corrected chi connectivity index (χ3v) is 8.54. The summed E-state index contributed by atoms with van der Waals surface area (Å²) in [7, 11) is 0. The number of benzene rings is 4. The van der Waals surface area contributed by atoms with Crippen molar-refractivity contribution in [3.63, 3.8) is 0 Å². The Kier molecular flexibility index (Phi) is 7.27. The number of hydrogen-bond acceptors (Lipinski definition) is 2. The van der Waals surface area contributed by atoms with Gasteiger partial charge in [0.15, 0.2) is 0 Å². The van der Waals surface area contributed by atoms with Crippen molar-refractivity contribution in [2.45, 2.75) is 52.9 Å². The first kappa shape index (κ1) is 26.0. The van der Waals surface area contributed by atoms with Crippen LogP contribution in [-0.2, 0) is 5.41 Å². The summed E-state index contributed by atoms with van der Waals surface area (Å²) >= 11 is 1.89. The van der Waals surface area contributed by atoms with Crippen LogP contribution in [0.25, 0.3) is 21.6 Å². The van der Waals surface area contributed by atoms with E-state index in [1.54, 1.807) is 0 Å². The van der Waals surface area contributed by atoms with Gasteiger partial charge in [-0.25, -0.2) is 0 Å². The van der Waals surface area contributed by atoms with Crippen LogP contribution in [0.15, 0.2) is 109 Å². The van der Waals surface area contributed by atoms with Gasteiger partial charge in [0.25, 0.3) is 0 Å². The van der Waals surface area contributed by atoms with E-state index in [2.05, 4.69) is 156 Å². The molecule has 2 heteroatoms. The van der Waals surface area contributed by atoms with E-state index in [0.717, 1.165) is 17.1 Å². The molecule has 0 saturated heterocycles. The molecule has 0 radical (unpaired) electrons. The van der Waals surface area contributed by atoms with Crippen molar-refractivity contribution in [2.24, 2.45) is 0 Å². The number of thiophene rings is 1. The third-order valence-electron chi connectivity index (χ3n) is 7.11. The van der Waals surface area contributed by atoms with Gasteiger partial charge in [0, 0.05) is 26.8 Å². The number of aryl methyl sites for hydroxylation is 1. The van der Waals surface area contributed by atoms with Gasteiger partial charge in [-0.05, 0) is 89.0 Å². The lowest BCUT2D eigenvalue weighted by Gasteiger charge is -2.27. The Labute approximate surface area is 232 Å². The maximum Gasteiger partial charge on any atom is 0.0462 e. The molecule has 0 saturated carbocycles. The van der Waals surface area contributed by atoms with Crippen molar-refractivity contribution >= 4 is 28.4 Å². The summed E-state index contributed by atoms with van der Waals surface area (Å²) in [5.41, 5.74) is 9.93. The van der Waals surface area contributed by atoms with E-state index in [-0.39, 0.29) is 5.41 Å².